The molecule has 0 aromatic carbocycles. The molecule has 144 valence electrons. The maximum Gasteiger partial charge on any atom is 0.410 e. The molecule has 4 nitrogen and oxygen atoms in total. The number of aliphatic hydroxyl groups excluding tert-OH is 1. The van der Waals surface area contributed by atoms with Gasteiger partial charge in [-0.05, 0) is 46.5 Å². The van der Waals surface area contributed by atoms with Crippen LogP contribution in [0.25, 0.3) is 0 Å². The molecular formula is C18H37NO3S2. The van der Waals surface area contributed by atoms with Crippen LogP contribution in [0, 0.1) is 0 Å². The van der Waals surface area contributed by atoms with Crippen molar-refractivity contribution in [3.63, 3.8) is 0 Å². The van der Waals surface area contributed by atoms with E-state index in [4.69, 9.17) is 9.84 Å². The Bertz CT molecular complexity index is 309. The highest BCUT2D eigenvalue weighted by molar-refractivity contribution is 8.76. The minimum absolute atomic E-state index is 0.228. The summed E-state index contributed by atoms with van der Waals surface area (Å²) in [6.45, 7) is 6.77. The highest BCUT2D eigenvalue weighted by Crippen LogP contribution is 2.24. The summed E-state index contributed by atoms with van der Waals surface area (Å²) < 4.78 is 5.33. The zero-order valence-electron chi connectivity index (χ0n) is 16.0. The summed E-state index contributed by atoms with van der Waals surface area (Å²) in [7, 11) is 5.76. The molecule has 0 aromatic rings. The molecule has 0 unspecified atom stereocenters. The number of rotatable bonds is 14. The number of nitrogens with zero attached hydrogens (tertiary/aromatic N) is 1. The Morgan fingerprint density at radius 1 is 0.917 bits per heavy atom. The van der Waals surface area contributed by atoms with E-state index >= 15 is 0 Å². The molecule has 0 spiro atoms. The van der Waals surface area contributed by atoms with Crippen LogP contribution < -0.4 is 0 Å². The van der Waals surface area contributed by atoms with Crippen LogP contribution in [0.2, 0.25) is 0 Å². The Morgan fingerprint density at radius 2 is 1.42 bits per heavy atom. The topological polar surface area (TPSA) is 49.8 Å². The van der Waals surface area contributed by atoms with Crippen LogP contribution in [0.3, 0.4) is 0 Å². The molecule has 0 aliphatic carbocycles. The molecule has 1 N–H and O–H groups in total. The second kappa shape index (κ2) is 15.2. The third kappa shape index (κ3) is 16.8. The first-order valence-corrected chi connectivity index (χ1v) is 11.6. The second-order valence-corrected chi connectivity index (χ2v) is 9.80. The van der Waals surface area contributed by atoms with E-state index in [1.165, 1.54) is 43.6 Å². The number of carbonyl (C=O) groups excluding carboxylic acids is 1. The number of carbonyl (C=O) groups is 1. The van der Waals surface area contributed by atoms with Crippen molar-refractivity contribution >= 4 is 27.7 Å². The average molecular weight is 380 g/mol. The standard InChI is InChI=1S/C18H37NO3S2/c1-18(2,3)22-17(21)19(4)13-9-5-7-11-15-23-24-16-12-8-6-10-14-20/h20H,5-16H2,1-4H3. The van der Waals surface area contributed by atoms with E-state index in [1.807, 2.05) is 42.4 Å². The van der Waals surface area contributed by atoms with Crippen LogP contribution in [0.1, 0.15) is 72.1 Å². The Kier molecular flexibility index (Phi) is 15.2. The van der Waals surface area contributed by atoms with Gasteiger partial charge in [0.25, 0.3) is 0 Å². The predicted molar refractivity (Wildman–Crippen MR) is 108 cm³/mol. The fourth-order valence-electron chi connectivity index (χ4n) is 2.04. The van der Waals surface area contributed by atoms with Gasteiger partial charge in [0.05, 0.1) is 0 Å². The summed E-state index contributed by atoms with van der Waals surface area (Å²) in [5.41, 5.74) is -0.418. The van der Waals surface area contributed by atoms with Crippen LogP contribution in [0.4, 0.5) is 4.79 Å². The molecule has 0 heterocycles. The lowest BCUT2D eigenvalue weighted by molar-refractivity contribution is 0.0296. The number of ether oxygens (including phenoxy) is 1. The number of hydrogen-bond acceptors (Lipinski definition) is 5. The fourth-order valence-corrected chi connectivity index (χ4v) is 4.33. The summed E-state index contributed by atoms with van der Waals surface area (Å²) in [4.78, 5) is 13.5. The van der Waals surface area contributed by atoms with Crippen molar-refractivity contribution in [1.82, 2.24) is 4.90 Å². The fraction of sp³-hybridized carbons (Fsp3) is 0.944. The zero-order valence-corrected chi connectivity index (χ0v) is 17.6. The van der Waals surface area contributed by atoms with Crippen LogP contribution in [-0.4, -0.2) is 53.4 Å². The van der Waals surface area contributed by atoms with Crippen molar-refractivity contribution in [2.45, 2.75) is 77.7 Å². The molecule has 0 atom stereocenters. The number of aliphatic hydroxyl groups is 1. The highest BCUT2D eigenvalue weighted by atomic mass is 33.1. The maximum absolute atomic E-state index is 11.8. The molecule has 1 amide bonds. The second-order valence-electron chi connectivity index (χ2n) is 7.10. The Morgan fingerprint density at radius 3 is 1.92 bits per heavy atom. The first kappa shape index (κ1) is 23.9. The molecule has 0 fully saturated rings. The lowest BCUT2D eigenvalue weighted by atomic mass is 10.2. The first-order valence-electron chi connectivity index (χ1n) is 9.16. The summed E-state index contributed by atoms with van der Waals surface area (Å²) >= 11 is 0. The third-order valence-corrected chi connectivity index (χ3v) is 5.97. The van der Waals surface area contributed by atoms with Crippen molar-refractivity contribution < 1.29 is 14.6 Å². The molecule has 0 rings (SSSR count). The van der Waals surface area contributed by atoms with E-state index in [9.17, 15) is 4.79 Å². The van der Waals surface area contributed by atoms with E-state index in [1.54, 1.807) is 11.9 Å². The van der Waals surface area contributed by atoms with Gasteiger partial charge in [-0.15, -0.1) is 0 Å². The molecular weight excluding hydrogens is 342 g/mol. The van der Waals surface area contributed by atoms with Crippen molar-refractivity contribution in [1.29, 1.82) is 0 Å². The van der Waals surface area contributed by atoms with E-state index in [0.29, 0.717) is 6.61 Å². The van der Waals surface area contributed by atoms with Crippen LogP contribution in [0.15, 0.2) is 0 Å². The molecule has 0 aliphatic heterocycles. The van der Waals surface area contributed by atoms with E-state index in [0.717, 1.165) is 25.8 Å². The normalized spacial score (nSPS) is 11.5. The minimum atomic E-state index is -0.418. The van der Waals surface area contributed by atoms with Gasteiger partial charge in [-0.2, -0.15) is 0 Å². The first-order chi connectivity index (χ1) is 11.4. The smallest absolute Gasteiger partial charge is 0.410 e. The van der Waals surface area contributed by atoms with Crippen molar-refractivity contribution in [2.24, 2.45) is 0 Å². The summed E-state index contributed by atoms with van der Waals surface area (Å²) in [5, 5.41) is 8.69. The summed E-state index contributed by atoms with van der Waals surface area (Å²) in [5.74, 6) is 2.43. The van der Waals surface area contributed by atoms with Crippen molar-refractivity contribution in [3.8, 4) is 0 Å². The Hall–Kier alpha value is -0.0700. The quantitative estimate of drug-likeness (QED) is 0.326. The van der Waals surface area contributed by atoms with Gasteiger partial charge in [-0.25, -0.2) is 4.79 Å². The molecule has 6 heteroatoms. The molecule has 0 saturated heterocycles. The van der Waals surface area contributed by atoms with Gasteiger partial charge in [0.1, 0.15) is 5.60 Å². The molecule has 0 saturated carbocycles. The van der Waals surface area contributed by atoms with Crippen LogP contribution in [-0.2, 0) is 4.74 Å². The van der Waals surface area contributed by atoms with Gasteiger partial charge in [-0.3, -0.25) is 0 Å². The maximum atomic E-state index is 11.8. The number of amides is 1. The Balaban J connectivity index is 3.32. The van der Waals surface area contributed by atoms with Crippen molar-refractivity contribution in [3.05, 3.63) is 0 Å². The average Bonchev–Trinajstić information content (AvgIpc) is 2.50. The van der Waals surface area contributed by atoms with Gasteiger partial charge in [-0.1, -0.05) is 47.3 Å². The molecule has 0 aliphatic rings. The van der Waals surface area contributed by atoms with Gasteiger partial charge in [0.2, 0.25) is 0 Å². The lowest BCUT2D eigenvalue weighted by Crippen LogP contribution is -2.34. The van der Waals surface area contributed by atoms with Gasteiger partial charge < -0.3 is 14.7 Å². The third-order valence-electron chi connectivity index (χ3n) is 3.40. The van der Waals surface area contributed by atoms with Gasteiger partial charge in [0, 0.05) is 31.7 Å². The van der Waals surface area contributed by atoms with Gasteiger partial charge >= 0.3 is 6.09 Å². The van der Waals surface area contributed by atoms with E-state index < -0.39 is 5.60 Å². The number of hydrogen-bond donors (Lipinski definition) is 1. The largest absolute Gasteiger partial charge is 0.444 e. The highest BCUT2D eigenvalue weighted by Gasteiger charge is 2.18. The molecule has 0 radical (unpaired) electrons. The number of unbranched alkanes of at least 4 members (excludes halogenated alkanes) is 6. The predicted octanol–water partition coefficient (Wildman–Crippen LogP) is 5.35. The molecule has 0 aromatic heterocycles. The summed E-state index contributed by atoms with van der Waals surface area (Å²) in [6.07, 6.45) is 9.05. The van der Waals surface area contributed by atoms with Gasteiger partial charge in [0.15, 0.2) is 0 Å². The van der Waals surface area contributed by atoms with E-state index in [-0.39, 0.29) is 6.09 Å². The van der Waals surface area contributed by atoms with Crippen LogP contribution in [0.5, 0.6) is 0 Å². The summed E-state index contributed by atoms with van der Waals surface area (Å²) in [6, 6.07) is 0. The molecule has 24 heavy (non-hydrogen) atoms. The zero-order chi connectivity index (χ0) is 18.3. The lowest BCUT2D eigenvalue weighted by Gasteiger charge is -2.24. The molecule has 0 bridgehead atoms. The van der Waals surface area contributed by atoms with E-state index in [2.05, 4.69) is 0 Å². The SMILES string of the molecule is CN(CCCCCCSSCCCCCCO)C(=O)OC(C)(C)C. The minimum Gasteiger partial charge on any atom is -0.444 e. The van der Waals surface area contributed by atoms with Crippen molar-refractivity contribution in [2.75, 3.05) is 31.7 Å². The Labute approximate surface area is 156 Å². The van der Waals surface area contributed by atoms with Crippen LogP contribution >= 0.6 is 21.6 Å². The monoisotopic (exact) mass is 379 g/mol.